The van der Waals surface area contributed by atoms with Crippen LogP contribution in [0.15, 0.2) is 91.3 Å². The van der Waals surface area contributed by atoms with Crippen LogP contribution in [0.4, 0.5) is 5.69 Å². The Morgan fingerprint density at radius 2 is 1.70 bits per heavy atom. The van der Waals surface area contributed by atoms with Crippen molar-refractivity contribution in [3.05, 3.63) is 108 Å². The maximum Gasteiger partial charge on any atom is 0.356 e. The number of ether oxygens (including phenoxy) is 1. The van der Waals surface area contributed by atoms with E-state index in [4.69, 9.17) is 9.84 Å². The lowest BCUT2D eigenvalue weighted by Crippen LogP contribution is -2.12. The number of benzene rings is 3. The number of aromatic nitrogens is 2. The van der Waals surface area contributed by atoms with Gasteiger partial charge in [-0.3, -0.25) is 9.78 Å². The van der Waals surface area contributed by atoms with E-state index in [0.717, 1.165) is 12.2 Å². The van der Waals surface area contributed by atoms with E-state index in [1.54, 1.807) is 36.4 Å². The van der Waals surface area contributed by atoms with E-state index in [2.05, 4.69) is 27.4 Å². The first-order valence-electron chi connectivity index (χ1n) is 10.3. The fraction of sp³-hybridized carbons (Fsp3) is 0.0769. The van der Waals surface area contributed by atoms with E-state index >= 15 is 0 Å². The Balaban J connectivity index is 1.37. The van der Waals surface area contributed by atoms with E-state index in [1.807, 2.05) is 30.3 Å². The molecule has 0 atom stereocenters. The SMILES string of the molecule is O=C(Nc1ccc(OCCc2ccccc2)cc1)c1cccc(-c2cncc(C(=O)O)n2)c1. The van der Waals surface area contributed by atoms with Gasteiger partial charge >= 0.3 is 5.97 Å². The van der Waals surface area contributed by atoms with Crippen LogP contribution in [0.3, 0.4) is 0 Å². The highest BCUT2D eigenvalue weighted by Crippen LogP contribution is 2.20. The molecule has 164 valence electrons. The third kappa shape index (κ3) is 5.80. The predicted octanol–water partition coefficient (Wildman–Crippen LogP) is 4.72. The molecule has 0 unspecified atom stereocenters. The van der Waals surface area contributed by atoms with Gasteiger partial charge in [-0.05, 0) is 42.0 Å². The smallest absolute Gasteiger partial charge is 0.356 e. The lowest BCUT2D eigenvalue weighted by molar-refractivity contribution is 0.0690. The third-order valence-corrected chi connectivity index (χ3v) is 4.89. The number of nitrogens with one attached hydrogen (secondary N) is 1. The molecule has 0 saturated heterocycles. The number of nitrogens with zero attached hydrogens (tertiary/aromatic N) is 2. The van der Waals surface area contributed by atoms with Crippen molar-refractivity contribution in [1.82, 2.24) is 9.97 Å². The largest absolute Gasteiger partial charge is 0.493 e. The van der Waals surface area contributed by atoms with E-state index < -0.39 is 5.97 Å². The van der Waals surface area contributed by atoms with E-state index in [0.29, 0.717) is 29.1 Å². The zero-order valence-corrected chi connectivity index (χ0v) is 17.6. The fourth-order valence-corrected chi connectivity index (χ4v) is 3.20. The second-order valence-corrected chi connectivity index (χ2v) is 7.24. The average Bonchev–Trinajstić information content (AvgIpc) is 2.86. The summed E-state index contributed by atoms with van der Waals surface area (Å²) in [4.78, 5) is 31.8. The molecule has 2 N–H and O–H groups in total. The topological polar surface area (TPSA) is 101 Å². The molecule has 33 heavy (non-hydrogen) atoms. The highest BCUT2D eigenvalue weighted by atomic mass is 16.5. The highest BCUT2D eigenvalue weighted by molar-refractivity contribution is 6.05. The third-order valence-electron chi connectivity index (χ3n) is 4.89. The summed E-state index contributed by atoms with van der Waals surface area (Å²) >= 11 is 0. The molecule has 7 heteroatoms. The summed E-state index contributed by atoms with van der Waals surface area (Å²) in [5.74, 6) is -0.731. The maximum absolute atomic E-state index is 12.7. The van der Waals surface area contributed by atoms with Gasteiger partial charge in [0, 0.05) is 23.2 Å². The van der Waals surface area contributed by atoms with Gasteiger partial charge in [-0.25, -0.2) is 9.78 Å². The Labute approximate surface area is 190 Å². The zero-order valence-electron chi connectivity index (χ0n) is 17.6. The number of anilines is 1. The molecule has 0 saturated carbocycles. The number of carboxylic acid groups (broad SMARTS) is 1. The van der Waals surface area contributed by atoms with Crippen LogP contribution in [0.25, 0.3) is 11.3 Å². The van der Waals surface area contributed by atoms with Crippen molar-refractivity contribution < 1.29 is 19.4 Å². The summed E-state index contributed by atoms with van der Waals surface area (Å²) < 4.78 is 5.78. The molecule has 1 aromatic heterocycles. The molecular formula is C26H21N3O4. The van der Waals surface area contributed by atoms with Crippen LogP contribution in [-0.2, 0) is 6.42 Å². The predicted molar refractivity (Wildman–Crippen MR) is 124 cm³/mol. The maximum atomic E-state index is 12.7. The molecule has 0 fully saturated rings. The Bertz CT molecular complexity index is 1260. The second-order valence-electron chi connectivity index (χ2n) is 7.24. The number of carbonyl (C=O) groups is 2. The second kappa shape index (κ2) is 10.2. The average molecular weight is 439 g/mol. The number of aromatic carboxylic acids is 1. The normalized spacial score (nSPS) is 10.4. The molecular weight excluding hydrogens is 418 g/mol. The van der Waals surface area contributed by atoms with Crippen molar-refractivity contribution in [1.29, 1.82) is 0 Å². The van der Waals surface area contributed by atoms with Gasteiger partial charge in [-0.1, -0.05) is 42.5 Å². The van der Waals surface area contributed by atoms with Gasteiger partial charge in [0.25, 0.3) is 5.91 Å². The van der Waals surface area contributed by atoms with Gasteiger partial charge in [0.2, 0.25) is 0 Å². The summed E-state index contributed by atoms with van der Waals surface area (Å²) in [6.07, 6.45) is 3.45. The first-order chi connectivity index (χ1) is 16.1. The molecule has 0 aliphatic rings. The monoisotopic (exact) mass is 439 g/mol. The summed E-state index contributed by atoms with van der Waals surface area (Å²) in [7, 11) is 0. The Morgan fingerprint density at radius 3 is 2.45 bits per heavy atom. The van der Waals surface area contributed by atoms with Gasteiger partial charge in [-0.2, -0.15) is 0 Å². The van der Waals surface area contributed by atoms with Crippen molar-refractivity contribution >= 4 is 17.6 Å². The Hall–Kier alpha value is -4.52. The first kappa shape index (κ1) is 21.7. The van der Waals surface area contributed by atoms with Crippen LogP contribution in [0, 0.1) is 0 Å². The minimum absolute atomic E-state index is 0.159. The van der Waals surface area contributed by atoms with Crippen molar-refractivity contribution in [3.63, 3.8) is 0 Å². The molecule has 0 aliphatic carbocycles. The van der Waals surface area contributed by atoms with Gasteiger partial charge in [0.15, 0.2) is 5.69 Å². The zero-order chi connectivity index (χ0) is 23.0. The van der Waals surface area contributed by atoms with Gasteiger partial charge in [0.05, 0.1) is 24.7 Å². The summed E-state index contributed by atoms with van der Waals surface area (Å²) in [6.45, 7) is 0.564. The molecule has 0 spiro atoms. The minimum Gasteiger partial charge on any atom is -0.493 e. The Morgan fingerprint density at radius 1 is 0.909 bits per heavy atom. The van der Waals surface area contributed by atoms with Gasteiger partial charge in [0.1, 0.15) is 5.75 Å². The van der Waals surface area contributed by atoms with Crippen molar-refractivity contribution in [2.24, 2.45) is 0 Å². The number of rotatable bonds is 8. The molecule has 1 heterocycles. The molecule has 0 radical (unpaired) electrons. The van der Waals surface area contributed by atoms with Crippen LogP contribution in [0.1, 0.15) is 26.4 Å². The molecule has 7 nitrogen and oxygen atoms in total. The van der Waals surface area contributed by atoms with E-state index in [-0.39, 0.29) is 11.6 Å². The van der Waals surface area contributed by atoms with Crippen molar-refractivity contribution in [2.75, 3.05) is 11.9 Å². The highest BCUT2D eigenvalue weighted by Gasteiger charge is 2.11. The molecule has 0 bridgehead atoms. The standard InChI is InChI=1S/C26H21N3O4/c30-25(20-8-4-7-19(15-20)23-16-27-17-24(29-23)26(31)32)28-21-9-11-22(12-10-21)33-14-13-18-5-2-1-3-6-18/h1-12,15-17H,13-14H2,(H,28,30)(H,31,32). The Kier molecular flexibility index (Phi) is 6.70. The van der Waals surface area contributed by atoms with Crippen LogP contribution in [0.5, 0.6) is 5.75 Å². The number of carbonyl (C=O) groups excluding carboxylic acids is 1. The van der Waals surface area contributed by atoms with Crippen molar-refractivity contribution in [2.45, 2.75) is 6.42 Å². The summed E-state index contributed by atoms with van der Waals surface area (Å²) in [5.41, 5.74) is 3.08. The number of amides is 1. The lowest BCUT2D eigenvalue weighted by Gasteiger charge is -2.09. The summed E-state index contributed by atoms with van der Waals surface area (Å²) in [5, 5.41) is 12.0. The van der Waals surface area contributed by atoms with Gasteiger partial charge in [-0.15, -0.1) is 0 Å². The van der Waals surface area contributed by atoms with E-state index in [1.165, 1.54) is 18.0 Å². The van der Waals surface area contributed by atoms with E-state index in [9.17, 15) is 9.59 Å². The fourth-order valence-electron chi connectivity index (χ4n) is 3.20. The van der Waals surface area contributed by atoms with Crippen LogP contribution in [0.2, 0.25) is 0 Å². The quantitative estimate of drug-likeness (QED) is 0.412. The molecule has 4 aromatic rings. The lowest BCUT2D eigenvalue weighted by atomic mass is 10.1. The first-order valence-corrected chi connectivity index (χ1v) is 10.3. The molecule has 3 aromatic carbocycles. The number of hydrogen-bond donors (Lipinski definition) is 2. The minimum atomic E-state index is -1.16. The van der Waals surface area contributed by atoms with Crippen LogP contribution >= 0.6 is 0 Å². The number of hydrogen-bond acceptors (Lipinski definition) is 5. The molecule has 4 rings (SSSR count). The van der Waals surface area contributed by atoms with Crippen LogP contribution in [-0.4, -0.2) is 33.6 Å². The van der Waals surface area contributed by atoms with Gasteiger partial charge < -0.3 is 15.2 Å². The molecule has 0 aliphatic heterocycles. The number of carboxylic acids is 1. The van der Waals surface area contributed by atoms with Crippen LogP contribution < -0.4 is 10.1 Å². The van der Waals surface area contributed by atoms with Crippen molar-refractivity contribution in [3.8, 4) is 17.0 Å². The summed E-state index contributed by atoms with van der Waals surface area (Å²) in [6, 6.07) is 24.1. The molecule has 1 amide bonds.